The van der Waals surface area contributed by atoms with Crippen molar-refractivity contribution in [2.24, 2.45) is 0 Å². The molecule has 0 atom stereocenters. The van der Waals surface area contributed by atoms with E-state index in [-0.39, 0.29) is 30.7 Å². The fraction of sp³-hybridized carbons (Fsp3) is 0.0741. The third-order valence-corrected chi connectivity index (χ3v) is 6.55. The van der Waals surface area contributed by atoms with Gasteiger partial charge in [-0.05, 0) is 59.7 Å². The van der Waals surface area contributed by atoms with Gasteiger partial charge in [0.05, 0.1) is 28.1 Å². The molecule has 2 aromatic carbocycles. The summed E-state index contributed by atoms with van der Waals surface area (Å²) in [5.41, 5.74) is 5.18. The molecule has 0 saturated carbocycles. The van der Waals surface area contributed by atoms with Crippen molar-refractivity contribution in [1.29, 1.82) is 0 Å². The van der Waals surface area contributed by atoms with E-state index >= 15 is 0 Å². The molecule has 0 aliphatic rings. The van der Waals surface area contributed by atoms with Crippen molar-refractivity contribution in [1.82, 2.24) is 15.3 Å². The monoisotopic (exact) mass is 487 g/mol. The maximum Gasteiger partial charge on any atom is 0.254 e. The molecule has 1 amide bonds. The Hall–Kier alpha value is -4.01. The van der Waals surface area contributed by atoms with Gasteiger partial charge in [0.25, 0.3) is 5.91 Å². The van der Waals surface area contributed by atoms with Crippen molar-refractivity contribution in [3.8, 4) is 33.5 Å². The molecule has 8 heteroatoms. The van der Waals surface area contributed by atoms with Gasteiger partial charge >= 0.3 is 0 Å². The summed E-state index contributed by atoms with van der Waals surface area (Å²) < 4.78 is 28.3. The van der Waals surface area contributed by atoms with Gasteiger partial charge in [0.2, 0.25) is 0 Å². The number of pyridine rings is 2. The molecule has 174 valence electrons. The Morgan fingerprint density at radius 1 is 0.857 bits per heavy atom. The van der Waals surface area contributed by atoms with Crippen LogP contribution in [0.4, 0.5) is 8.78 Å². The molecule has 3 aromatic heterocycles. The smallest absolute Gasteiger partial charge is 0.254 e. The first-order valence-electron chi connectivity index (χ1n) is 10.8. The largest absolute Gasteiger partial charge is 0.395 e. The van der Waals surface area contributed by atoms with Crippen LogP contribution in [0.2, 0.25) is 0 Å². The average molecular weight is 488 g/mol. The summed E-state index contributed by atoms with van der Waals surface area (Å²) in [5, 5.41) is 13.5. The molecule has 5 nitrogen and oxygen atoms in total. The van der Waals surface area contributed by atoms with Crippen LogP contribution in [0.5, 0.6) is 0 Å². The fourth-order valence-corrected chi connectivity index (χ4v) is 5.03. The molecular weight excluding hydrogens is 468 g/mol. The minimum absolute atomic E-state index is 0.112. The van der Waals surface area contributed by atoms with Crippen molar-refractivity contribution >= 4 is 27.5 Å². The van der Waals surface area contributed by atoms with Crippen LogP contribution in [0.15, 0.2) is 78.4 Å². The quantitative estimate of drug-likeness (QED) is 0.323. The van der Waals surface area contributed by atoms with Crippen LogP contribution in [0.1, 0.15) is 10.4 Å². The molecule has 5 aromatic rings. The summed E-state index contributed by atoms with van der Waals surface area (Å²) in [7, 11) is 0. The van der Waals surface area contributed by atoms with Crippen molar-refractivity contribution in [3.63, 3.8) is 0 Å². The highest BCUT2D eigenvalue weighted by atomic mass is 32.1. The maximum atomic E-state index is 13.8. The van der Waals surface area contributed by atoms with E-state index in [1.165, 1.54) is 35.6 Å². The number of hydrogen-bond acceptors (Lipinski definition) is 5. The highest BCUT2D eigenvalue weighted by molar-refractivity contribution is 7.18. The first-order chi connectivity index (χ1) is 17.1. The zero-order chi connectivity index (χ0) is 24.4. The third kappa shape index (κ3) is 4.41. The number of hydrogen-bond donors (Lipinski definition) is 2. The lowest BCUT2D eigenvalue weighted by Gasteiger charge is -2.17. The highest BCUT2D eigenvalue weighted by Gasteiger charge is 2.24. The number of aromatic nitrogens is 2. The van der Waals surface area contributed by atoms with Crippen LogP contribution >= 0.6 is 11.3 Å². The minimum Gasteiger partial charge on any atom is -0.395 e. The minimum atomic E-state index is -0.376. The van der Waals surface area contributed by atoms with Gasteiger partial charge in [-0.1, -0.05) is 12.1 Å². The predicted molar refractivity (Wildman–Crippen MR) is 133 cm³/mol. The number of aliphatic hydroxyl groups excluding tert-OH is 1. The molecule has 0 aliphatic carbocycles. The first kappa shape index (κ1) is 22.8. The predicted octanol–water partition coefficient (Wildman–Crippen LogP) is 5.69. The maximum absolute atomic E-state index is 13.8. The second-order valence-corrected chi connectivity index (χ2v) is 8.65. The number of thiophene rings is 1. The number of aliphatic hydroxyl groups is 1. The molecule has 0 unspecified atom stereocenters. The number of amides is 1. The normalized spacial score (nSPS) is 11.1. The molecule has 0 bridgehead atoms. The zero-order valence-electron chi connectivity index (χ0n) is 18.3. The molecular formula is C27H19F2N3O2S. The third-order valence-electron chi connectivity index (χ3n) is 5.56. The van der Waals surface area contributed by atoms with Gasteiger partial charge in [-0.3, -0.25) is 9.78 Å². The molecule has 0 spiro atoms. The molecule has 0 aliphatic heterocycles. The van der Waals surface area contributed by atoms with Crippen LogP contribution in [-0.2, 0) is 0 Å². The van der Waals surface area contributed by atoms with Crippen LogP contribution in [-0.4, -0.2) is 34.1 Å². The molecule has 3 heterocycles. The van der Waals surface area contributed by atoms with Gasteiger partial charge in [0.15, 0.2) is 0 Å². The summed E-state index contributed by atoms with van der Waals surface area (Å²) in [5.74, 6) is -1.10. The molecule has 5 rings (SSSR count). The second-order valence-electron chi connectivity index (χ2n) is 7.77. The zero-order valence-corrected chi connectivity index (χ0v) is 19.2. The highest BCUT2D eigenvalue weighted by Crippen LogP contribution is 2.45. The molecule has 2 N–H and O–H groups in total. The first-order valence-corrected chi connectivity index (χ1v) is 11.7. The molecule has 0 radical (unpaired) electrons. The second kappa shape index (κ2) is 9.69. The Balaban J connectivity index is 1.89. The number of carbonyl (C=O) groups is 1. The van der Waals surface area contributed by atoms with Gasteiger partial charge in [0, 0.05) is 41.0 Å². The van der Waals surface area contributed by atoms with E-state index in [0.29, 0.717) is 22.3 Å². The van der Waals surface area contributed by atoms with E-state index in [1.807, 2.05) is 12.1 Å². The van der Waals surface area contributed by atoms with E-state index in [2.05, 4.69) is 10.3 Å². The van der Waals surface area contributed by atoms with Gasteiger partial charge in [-0.15, -0.1) is 11.3 Å². The van der Waals surface area contributed by atoms with Gasteiger partial charge in [-0.2, -0.15) is 0 Å². The summed E-state index contributed by atoms with van der Waals surface area (Å²) in [6, 6.07) is 15.9. The number of rotatable bonds is 6. The molecule has 35 heavy (non-hydrogen) atoms. The van der Waals surface area contributed by atoms with E-state index in [0.717, 1.165) is 27.0 Å². The lowest BCUT2D eigenvalue weighted by molar-refractivity contribution is 0.0946. The van der Waals surface area contributed by atoms with Crippen LogP contribution in [0.3, 0.4) is 0 Å². The lowest BCUT2D eigenvalue weighted by Crippen LogP contribution is -2.26. The lowest BCUT2D eigenvalue weighted by atomic mass is 9.90. The van der Waals surface area contributed by atoms with Crippen molar-refractivity contribution in [2.75, 3.05) is 13.2 Å². The Bertz CT molecular complexity index is 1500. The fourth-order valence-electron chi connectivity index (χ4n) is 3.97. The molecule has 0 saturated heterocycles. The Morgan fingerprint density at radius 3 is 2.09 bits per heavy atom. The Labute approximate surface area is 203 Å². The Kier molecular flexibility index (Phi) is 6.31. The van der Waals surface area contributed by atoms with E-state index < -0.39 is 0 Å². The van der Waals surface area contributed by atoms with Crippen LogP contribution in [0, 0.1) is 11.6 Å². The number of nitrogens with zero attached hydrogens (tertiary/aromatic N) is 2. The summed E-state index contributed by atoms with van der Waals surface area (Å²) in [6.45, 7) is -0.0734. The SMILES string of the molecule is O=C(NCCO)c1csc2c(-c3ccc(F)cc3)c(-c3ccncc3)c(-c3ccc(F)cc3)nc12. The molecule has 0 fully saturated rings. The summed E-state index contributed by atoms with van der Waals surface area (Å²) >= 11 is 1.36. The number of nitrogens with one attached hydrogen (secondary N) is 1. The standard InChI is InChI=1S/C27H19F2N3O2S/c28-19-5-1-16(2-6-19)23-22(17-9-11-30-12-10-17)24(18-3-7-20(29)8-4-18)32-25-21(15-35-26(23)25)27(34)31-13-14-33/h1-12,15,33H,13-14H2,(H,31,34). The van der Waals surface area contributed by atoms with E-state index in [9.17, 15) is 13.6 Å². The average Bonchev–Trinajstić information content (AvgIpc) is 3.31. The number of halogens is 2. The van der Waals surface area contributed by atoms with Crippen molar-refractivity contribution < 1.29 is 18.7 Å². The number of benzene rings is 2. The topological polar surface area (TPSA) is 75.1 Å². The van der Waals surface area contributed by atoms with Gasteiger partial charge in [0.1, 0.15) is 11.6 Å². The van der Waals surface area contributed by atoms with Crippen molar-refractivity contribution in [2.45, 2.75) is 0 Å². The summed E-state index contributed by atoms with van der Waals surface area (Å²) in [4.78, 5) is 21.9. The number of fused-ring (bicyclic) bond motifs is 1. The van der Waals surface area contributed by atoms with Gasteiger partial charge < -0.3 is 10.4 Å². The van der Waals surface area contributed by atoms with E-state index in [1.54, 1.807) is 42.0 Å². The van der Waals surface area contributed by atoms with E-state index in [4.69, 9.17) is 10.1 Å². The van der Waals surface area contributed by atoms with Crippen LogP contribution in [0.25, 0.3) is 43.7 Å². The Morgan fingerprint density at radius 2 is 1.46 bits per heavy atom. The number of carbonyl (C=O) groups excluding carboxylic acids is 1. The van der Waals surface area contributed by atoms with Crippen LogP contribution < -0.4 is 5.32 Å². The van der Waals surface area contributed by atoms with Gasteiger partial charge in [-0.25, -0.2) is 13.8 Å². The summed E-state index contributed by atoms with van der Waals surface area (Å²) in [6.07, 6.45) is 3.34. The van der Waals surface area contributed by atoms with Crippen molar-refractivity contribution in [3.05, 3.63) is 95.6 Å².